The normalized spacial score (nSPS) is 13.2. The van der Waals surface area contributed by atoms with Crippen LogP contribution in [-0.2, 0) is 21.0 Å². The fraction of sp³-hybridized carbons (Fsp3) is 0.290. The minimum Gasteiger partial charge on any atom is -0.486 e. The van der Waals surface area contributed by atoms with E-state index < -0.39 is 44.5 Å². The minimum atomic E-state index is -5.00. The number of hydrogen-bond acceptors (Lipinski definition) is 8. The van der Waals surface area contributed by atoms with E-state index in [0.717, 1.165) is 11.6 Å². The third kappa shape index (κ3) is 7.05. The van der Waals surface area contributed by atoms with Crippen molar-refractivity contribution < 1.29 is 45.0 Å². The second-order valence-corrected chi connectivity index (χ2v) is 11.9. The number of sulfonamides is 1. The number of carbonyl (C=O) groups is 1. The molecule has 1 N–H and O–H groups in total. The van der Waals surface area contributed by atoms with Crippen molar-refractivity contribution in [3.63, 3.8) is 0 Å². The Labute approximate surface area is 250 Å². The number of carbonyl (C=O) groups excluding carboxylic acids is 1. The Kier molecular flexibility index (Phi) is 8.97. The zero-order valence-corrected chi connectivity index (χ0v) is 24.3. The van der Waals surface area contributed by atoms with Crippen LogP contribution in [0.5, 0.6) is 17.2 Å². The number of fused-ring (bicyclic) bond motifs is 2. The van der Waals surface area contributed by atoms with Gasteiger partial charge in [0, 0.05) is 19.0 Å². The summed E-state index contributed by atoms with van der Waals surface area (Å²) in [5.41, 5.74) is -1.08. The SMILES string of the molecule is Cc1ccc(S(=O)(=O)NCCCCCC(=O)Oc2ccc3c(=O)c(-c4ccc5c(c4)OCCO5)c(C(F)(F)F)oc3c2)cc1. The van der Waals surface area contributed by atoms with Gasteiger partial charge in [0.25, 0.3) is 0 Å². The molecule has 0 spiro atoms. The average Bonchev–Trinajstić information content (AvgIpc) is 2.98. The predicted octanol–water partition coefficient (Wildman–Crippen LogP) is 6.00. The minimum absolute atomic E-state index is 0.0104. The third-order valence-electron chi connectivity index (χ3n) is 6.86. The summed E-state index contributed by atoms with van der Waals surface area (Å²) in [5, 5.41) is -0.129. The number of aryl methyl sites for hydroxylation is 1. The summed E-state index contributed by atoms with van der Waals surface area (Å²) in [4.78, 5) is 25.8. The van der Waals surface area contributed by atoms with Gasteiger partial charge in [-0.3, -0.25) is 9.59 Å². The lowest BCUT2D eigenvalue weighted by Crippen LogP contribution is -2.24. The maximum Gasteiger partial charge on any atom is 0.450 e. The first-order valence-corrected chi connectivity index (χ1v) is 15.3. The molecule has 0 amide bonds. The molecule has 9 nitrogen and oxygen atoms in total. The van der Waals surface area contributed by atoms with Gasteiger partial charge in [-0.15, -0.1) is 0 Å². The van der Waals surface area contributed by atoms with Crippen molar-refractivity contribution >= 4 is 27.0 Å². The largest absolute Gasteiger partial charge is 0.486 e. The summed E-state index contributed by atoms with van der Waals surface area (Å²) in [7, 11) is -3.63. The second kappa shape index (κ2) is 12.7. The first-order chi connectivity index (χ1) is 20.9. The number of hydrogen-bond donors (Lipinski definition) is 1. The quantitative estimate of drug-likeness (QED) is 0.129. The molecule has 2 heterocycles. The van der Waals surface area contributed by atoms with Crippen LogP contribution in [0.25, 0.3) is 22.1 Å². The van der Waals surface area contributed by atoms with E-state index in [1.165, 1.54) is 42.5 Å². The van der Waals surface area contributed by atoms with E-state index >= 15 is 0 Å². The molecule has 0 radical (unpaired) electrons. The van der Waals surface area contributed by atoms with Gasteiger partial charge in [0.15, 0.2) is 11.5 Å². The molecule has 4 aromatic rings. The van der Waals surface area contributed by atoms with Crippen LogP contribution in [-0.4, -0.2) is 34.1 Å². The van der Waals surface area contributed by atoms with Gasteiger partial charge >= 0.3 is 12.1 Å². The first kappa shape index (κ1) is 31.1. The van der Waals surface area contributed by atoms with Crippen LogP contribution in [0.2, 0.25) is 0 Å². The Balaban J connectivity index is 1.22. The number of rotatable bonds is 10. The van der Waals surface area contributed by atoms with Gasteiger partial charge < -0.3 is 18.6 Å². The topological polar surface area (TPSA) is 121 Å². The fourth-order valence-corrected chi connectivity index (χ4v) is 5.73. The van der Waals surface area contributed by atoms with Crippen LogP contribution in [0.4, 0.5) is 13.2 Å². The summed E-state index contributed by atoms with van der Waals surface area (Å²) in [6.45, 7) is 2.55. The van der Waals surface area contributed by atoms with Gasteiger partial charge in [0.05, 0.1) is 15.8 Å². The molecule has 3 aromatic carbocycles. The number of halogens is 3. The van der Waals surface area contributed by atoms with Crippen molar-refractivity contribution in [2.24, 2.45) is 0 Å². The Morgan fingerprint density at radius 3 is 2.39 bits per heavy atom. The molecule has 0 bridgehead atoms. The van der Waals surface area contributed by atoms with Crippen molar-refractivity contribution in [3.8, 4) is 28.4 Å². The molecule has 1 aliphatic rings. The van der Waals surface area contributed by atoms with Crippen LogP contribution in [0, 0.1) is 6.92 Å². The highest BCUT2D eigenvalue weighted by Gasteiger charge is 2.39. The Bertz CT molecular complexity index is 1850. The summed E-state index contributed by atoms with van der Waals surface area (Å²) in [6, 6.07) is 14.1. The monoisotopic (exact) mass is 631 g/mol. The van der Waals surface area contributed by atoms with Gasteiger partial charge in [-0.1, -0.05) is 30.2 Å². The van der Waals surface area contributed by atoms with Gasteiger partial charge in [-0.05, 0) is 61.7 Å². The number of nitrogens with one attached hydrogen (secondary N) is 1. The number of benzene rings is 3. The van der Waals surface area contributed by atoms with E-state index in [1.807, 2.05) is 6.92 Å². The first-order valence-electron chi connectivity index (χ1n) is 13.8. The lowest BCUT2D eigenvalue weighted by molar-refractivity contribution is -0.152. The third-order valence-corrected chi connectivity index (χ3v) is 8.34. The van der Waals surface area contributed by atoms with Crippen molar-refractivity contribution in [2.75, 3.05) is 19.8 Å². The smallest absolute Gasteiger partial charge is 0.450 e. The molecule has 0 saturated carbocycles. The fourth-order valence-electron chi connectivity index (χ4n) is 4.66. The van der Waals surface area contributed by atoms with E-state index in [1.54, 1.807) is 12.1 Å². The van der Waals surface area contributed by atoms with Crippen LogP contribution < -0.4 is 24.4 Å². The standard InChI is InChI=1S/C31H28F3NO8S/c1-19-6-10-22(11-7-19)44(38,39)35-14-4-2-3-5-27(36)42-21-9-12-23-25(18-21)43-30(31(32,33)34)28(29(23)37)20-8-13-24-26(17-20)41-16-15-40-24/h6-13,17-18,35H,2-5,14-16H2,1H3. The zero-order valence-electron chi connectivity index (χ0n) is 23.5. The van der Waals surface area contributed by atoms with Gasteiger partial charge in [0.1, 0.15) is 24.5 Å². The van der Waals surface area contributed by atoms with Crippen molar-refractivity contribution in [3.05, 3.63) is 82.2 Å². The van der Waals surface area contributed by atoms with Crippen molar-refractivity contribution in [2.45, 2.75) is 43.7 Å². The summed E-state index contributed by atoms with van der Waals surface area (Å²) in [5.74, 6) is -1.65. The lowest BCUT2D eigenvalue weighted by atomic mass is 10.0. The molecule has 0 unspecified atom stereocenters. The van der Waals surface area contributed by atoms with Gasteiger partial charge in [-0.25, -0.2) is 13.1 Å². The molecule has 0 aliphatic carbocycles. The van der Waals surface area contributed by atoms with E-state index in [-0.39, 0.29) is 46.9 Å². The molecule has 44 heavy (non-hydrogen) atoms. The molecule has 232 valence electrons. The number of ether oxygens (including phenoxy) is 3. The Morgan fingerprint density at radius 2 is 1.66 bits per heavy atom. The number of alkyl halides is 3. The van der Waals surface area contributed by atoms with E-state index in [4.69, 9.17) is 18.6 Å². The molecule has 13 heteroatoms. The predicted molar refractivity (Wildman–Crippen MR) is 154 cm³/mol. The van der Waals surface area contributed by atoms with Crippen molar-refractivity contribution in [1.29, 1.82) is 0 Å². The zero-order chi connectivity index (χ0) is 31.5. The highest BCUT2D eigenvalue weighted by molar-refractivity contribution is 7.89. The highest BCUT2D eigenvalue weighted by Crippen LogP contribution is 2.40. The van der Waals surface area contributed by atoms with E-state index in [0.29, 0.717) is 31.6 Å². The Hall–Kier alpha value is -4.36. The Morgan fingerprint density at radius 1 is 0.932 bits per heavy atom. The maximum atomic E-state index is 14.1. The maximum absolute atomic E-state index is 14.1. The number of esters is 1. The molecular formula is C31H28F3NO8S. The lowest BCUT2D eigenvalue weighted by Gasteiger charge is -2.19. The van der Waals surface area contributed by atoms with Gasteiger partial charge in [-0.2, -0.15) is 13.2 Å². The van der Waals surface area contributed by atoms with Crippen LogP contribution >= 0.6 is 0 Å². The summed E-state index contributed by atoms with van der Waals surface area (Å²) >= 11 is 0. The summed E-state index contributed by atoms with van der Waals surface area (Å²) in [6.07, 6.45) is -3.62. The highest BCUT2D eigenvalue weighted by atomic mass is 32.2. The van der Waals surface area contributed by atoms with Gasteiger partial charge in [0.2, 0.25) is 21.2 Å². The van der Waals surface area contributed by atoms with Crippen LogP contribution in [0.15, 0.2) is 74.8 Å². The van der Waals surface area contributed by atoms with Crippen molar-refractivity contribution in [1.82, 2.24) is 4.72 Å². The summed E-state index contributed by atoms with van der Waals surface area (Å²) < 4.78 is 90.8. The van der Waals surface area contributed by atoms with Crippen LogP contribution in [0.3, 0.4) is 0 Å². The molecule has 1 aromatic heterocycles. The molecular weight excluding hydrogens is 603 g/mol. The molecule has 0 atom stereocenters. The van der Waals surface area contributed by atoms with E-state index in [2.05, 4.69) is 4.72 Å². The molecule has 0 saturated heterocycles. The average molecular weight is 632 g/mol. The molecule has 1 aliphatic heterocycles. The van der Waals surface area contributed by atoms with E-state index in [9.17, 15) is 31.2 Å². The molecule has 5 rings (SSSR count). The van der Waals surface area contributed by atoms with Crippen LogP contribution in [0.1, 0.15) is 37.0 Å². The molecule has 0 fully saturated rings. The number of unbranched alkanes of at least 4 members (excludes halogenated alkanes) is 2. The second-order valence-electron chi connectivity index (χ2n) is 10.1.